The molecule has 1 amide bonds. The number of hydrogen-bond acceptors (Lipinski definition) is 4. The van der Waals surface area contributed by atoms with Gasteiger partial charge in [-0.25, -0.2) is 0 Å². The molecule has 0 saturated carbocycles. The zero-order valence-electron chi connectivity index (χ0n) is 17.2. The van der Waals surface area contributed by atoms with Crippen molar-refractivity contribution in [1.29, 1.82) is 0 Å². The quantitative estimate of drug-likeness (QED) is 0.333. The van der Waals surface area contributed by atoms with Gasteiger partial charge in [0.05, 0.1) is 5.75 Å². The maximum Gasteiger partial charge on any atom is 0.234 e. The number of carbonyl (C=O) groups excluding carboxylic acids is 1. The number of thioether (sulfide) groups is 1. The van der Waals surface area contributed by atoms with Gasteiger partial charge in [0.2, 0.25) is 5.91 Å². The molecule has 1 aromatic heterocycles. The van der Waals surface area contributed by atoms with Crippen molar-refractivity contribution >= 4 is 39.3 Å². The van der Waals surface area contributed by atoms with E-state index >= 15 is 0 Å². The highest BCUT2D eigenvalue weighted by Gasteiger charge is 2.17. The van der Waals surface area contributed by atoms with Gasteiger partial charge in [0.25, 0.3) is 0 Å². The number of hydrogen-bond donors (Lipinski definition) is 1. The highest BCUT2D eigenvalue weighted by Crippen LogP contribution is 2.28. The van der Waals surface area contributed by atoms with Crippen LogP contribution in [0.4, 0.5) is 5.69 Å². The molecule has 156 valence electrons. The Hall–Kier alpha value is -2.90. The van der Waals surface area contributed by atoms with Crippen molar-refractivity contribution in [3.05, 3.63) is 88.4 Å². The van der Waals surface area contributed by atoms with Crippen molar-refractivity contribution in [3.8, 4) is 17.1 Å². The Balaban J connectivity index is 1.58. The standard InChI is InChI=1S/C24H21BrN4OS/c1-16-7-6-8-18(13-16)23-27-28-24(29(23)20-9-4-3-5-10-20)31-15-22(30)26-19-11-12-21(25)17(2)14-19/h3-14H,15H2,1-2H3,(H,26,30). The van der Waals surface area contributed by atoms with Crippen LogP contribution < -0.4 is 5.32 Å². The molecule has 0 fully saturated rings. The van der Waals surface area contributed by atoms with Gasteiger partial charge in [-0.15, -0.1) is 10.2 Å². The molecule has 0 unspecified atom stereocenters. The van der Waals surface area contributed by atoms with Gasteiger partial charge in [-0.05, 0) is 55.8 Å². The molecule has 31 heavy (non-hydrogen) atoms. The first-order valence-corrected chi connectivity index (χ1v) is 11.6. The summed E-state index contributed by atoms with van der Waals surface area (Å²) in [5.74, 6) is 0.890. The number of anilines is 1. The largest absolute Gasteiger partial charge is 0.325 e. The molecule has 0 aliphatic rings. The number of aromatic nitrogens is 3. The minimum absolute atomic E-state index is 0.0913. The Morgan fingerprint density at radius 3 is 2.55 bits per heavy atom. The second-order valence-corrected chi connectivity index (χ2v) is 8.94. The van der Waals surface area contributed by atoms with Crippen LogP contribution in [0.25, 0.3) is 17.1 Å². The molecule has 5 nitrogen and oxygen atoms in total. The van der Waals surface area contributed by atoms with Gasteiger partial charge >= 0.3 is 0 Å². The number of nitrogens with one attached hydrogen (secondary N) is 1. The summed E-state index contributed by atoms with van der Waals surface area (Å²) in [6.45, 7) is 4.04. The molecule has 1 N–H and O–H groups in total. The predicted molar refractivity (Wildman–Crippen MR) is 130 cm³/mol. The number of para-hydroxylation sites is 1. The molecule has 7 heteroatoms. The summed E-state index contributed by atoms with van der Waals surface area (Å²) in [5.41, 5.74) is 4.93. The maximum atomic E-state index is 12.6. The fourth-order valence-electron chi connectivity index (χ4n) is 3.19. The summed E-state index contributed by atoms with van der Waals surface area (Å²) in [7, 11) is 0. The van der Waals surface area contributed by atoms with Crippen LogP contribution in [0.5, 0.6) is 0 Å². The van der Waals surface area contributed by atoms with Crippen LogP contribution in [0.1, 0.15) is 11.1 Å². The van der Waals surface area contributed by atoms with E-state index in [1.807, 2.05) is 72.2 Å². The van der Waals surface area contributed by atoms with Gasteiger partial charge in [-0.3, -0.25) is 9.36 Å². The van der Waals surface area contributed by atoms with E-state index in [1.165, 1.54) is 11.8 Å². The summed E-state index contributed by atoms with van der Waals surface area (Å²) in [5, 5.41) is 12.5. The van der Waals surface area contributed by atoms with Crippen molar-refractivity contribution in [2.45, 2.75) is 19.0 Å². The minimum Gasteiger partial charge on any atom is -0.325 e. The lowest BCUT2D eigenvalue weighted by atomic mass is 10.1. The lowest BCUT2D eigenvalue weighted by molar-refractivity contribution is -0.113. The molecule has 0 aliphatic heterocycles. The van der Waals surface area contributed by atoms with Crippen LogP contribution in [0.2, 0.25) is 0 Å². The zero-order chi connectivity index (χ0) is 21.8. The molecule has 4 aromatic rings. The number of benzene rings is 3. The molecule has 0 spiro atoms. The highest BCUT2D eigenvalue weighted by molar-refractivity contribution is 9.10. The summed E-state index contributed by atoms with van der Waals surface area (Å²) in [6.07, 6.45) is 0. The predicted octanol–water partition coefficient (Wildman–Crippen LogP) is 6.04. The van der Waals surface area contributed by atoms with E-state index in [4.69, 9.17) is 0 Å². The molecule has 0 bridgehead atoms. The van der Waals surface area contributed by atoms with Crippen LogP contribution in [-0.2, 0) is 4.79 Å². The topological polar surface area (TPSA) is 59.8 Å². The van der Waals surface area contributed by atoms with Crippen LogP contribution in [0.3, 0.4) is 0 Å². The fourth-order valence-corrected chi connectivity index (χ4v) is 4.19. The number of nitrogens with zero attached hydrogens (tertiary/aromatic N) is 3. The zero-order valence-corrected chi connectivity index (χ0v) is 19.6. The molecule has 0 saturated heterocycles. The second kappa shape index (κ2) is 9.49. The molecule has 1 heterocycles. The van der Waals surface area contributed by atoms with E-state index in [-0.39, 0.29) is 11.7 Å². The SMILES string of the molecule is Cc1cccc(-c2nnc(SCC(=O)Nc3ccc(Br)c(C)c3)n2-c2ccccc2)c1. The number of halogens is 1. The van der Waals surface area contributed by atoms with E-state index < -0.39 is 0 Å². The van der Waals surface area contributed by atoms with E-state index in [1.54, 1.807) is 0 Å². The fraction of sp³-hybridized carbons (Fsp3) is 0.125. The van der Waals surface area contributed by atoms with Crippen LogP contribution in [-0.4, -0.2) is 26.4 Å². The number of carbonyl (C=O) groups is 1. The normalized spacial score (nSPS) is 10.8. The van der Waals surface area contributed by atoms with Gasteiger partial charge in [0.15, 0.2) is 11.0 Å². The van der Waals surface area contributed by atoms with Gasteiger partial charge < -0.3 is 5.32 Å². The van der Waals surface area contributed by atoms with Crippen molar-refractivity contribution in [3.63, 3.8) is 0 Å². The summed E-state index contributed by atoms with van der Waals surface area (Å²) < 4.78 is 3.01. The smallest absolute Gasteiger partial charge is 0.234 e. The average molecular weight is 493 g/mol. The lowest BCUT2D eigenvalue weighted by Gasteiger charge is -2.11. The average Bonchev–Trinajstić information content (AvgIpc) is 3.19. The third kappa shape index (κ3) is 5.06. The Morgan fingerprint density at radius 1 is 1.00 bits per heavy atom. The molecular weight excluding hydrogens is 472 g/mol. The van der Waals surface area contributed by atoms with Gasteiger partial charge in [-0.2, -0.15) is 0 Å². The molecular formula is C24H21BrN4OS. The van der Waals surface area contributed by atoms with Gasteiger partial charge in [0.1, 0.15) is 0 Å². The van der Waals surface area contributed by atoms with Crippen molar-refractivity contribution in [2.24, 2.45) is 0 Å². The monoisotopic (exact) mass is 492 g/mol. The summed E-state index contributed by atoms with van der Waals surface area (Å²) in [6, 6.07) is 23.9. The molecule has 0 aliphatic carbocycles. The van der Waals surface area contributed by atoms with E-state index in [0.29, 0.717) is 5.16 Å². The third-order valence-corrected chi connectivity index (χ3v) is 6.52. The van der Waals surface area contributed by atoms with E-state index in [9.17, 15) is 4.79 Å². The second-order valence-electron chi connectivity index (χ2n) is 7.15. The highest BCUT2D eigenvalue weighted by atomic mass is 79.9. The first-order valence-electron chi connectivity index (χ1n) is 9.78. The third-order valence-electron chi connectivity index (χ3n) is 4.70. The molecule has 4 rings (SSSR count). The first kappa shape index (κ1) is 21.3. The van der Waals surface area contributed by atoms with Crippen LogP contribution >= 0.6 is 27.7 Å². The Morgan fingerprint density at radius 2 is 1.81 bits per heavy atom. The Bertz CT molecular complexity index is 1220. The Labute approximate surface area is 194 Å². The Kier molecular flexibility index (Phi) is 6.53. The summed E-state index contributed by atoms with van der Waals surface area (Å²) >= 11 is 4.84. The van der Waals surface area contributed by atoms with Crippen LogP contribution in [0.15, 0.2) is 82.4 Å². The first-order chi connectivity index (χ1) is 15.0. The minimum atomic E-state index is -0.0913. The van der Waals surface area contributed by atoms with Gasteiger partial charge in [-0.1, -0.05) is 69.7 Å². The van der Waals surface area contributed by atoms with Gasteiger partial charge in [0, 0.05) is 21.4 Å². The van der Waals surface area contributed by atoms with Crippen molar-refractivity contribution < 1.29 is 4.79 Å². The number of amides is 1. The lowest BCUT2D eigenvalue weighted by Crippen LogP contribution is -2.14. The van der Waals surface area contributed by atoms with E-state index in [0.717, 1.165) is 38.4 Å². The van der Waals surface area contributed by atoms with Crippen LogP contribution in [0, 0.1) is 13.8 Å². The number of aryl methyl sites for hydroxylation is 2. The summed E-state index contributed by atoms with van der Waals surface area (Å²) in [4.78, 5) is 12.6. The molecule has 0 radical (unpaired) electrons. The van der Waals surface area contributed by atoms with Crippen molar-refractivity contribution in [2.75, 3.05) is 11.1 Å². The molecule has 0 atom stereocenters. The molecule has 3 aromatic carbocycles. The van der Waals surface area contributed by atoms with E-state index in [2.05, 4.69) is 50.5 Å². The van der Waals surface area contributed by atoms with Crippen molar-refractivity contribution in [1.82, 2.24) is 14.8 Å². The maximum absolute atomic E-state index is 12.6. The number of rotatable bonds is 6.